The molecule has 1 saturated heterocycles. The van der Waals surface area contributed by atoms with Crippen LogP contribution in [0.1, 0.15) is 20.3 Å². The van der Waals surface area contributed by atoms with Gasteiger partial charge in [-0.2, -0.15) is 0 Å². The number of hydrogen-bond acceptors (Lipinski definition) is 4. The van der Waals surface area contributed by atoms with Crippen LogP contribution in [-0.4, -0.2) is 41.6 Å². The minimum atomic E-state index is -0.114. The fourth-order valence-electron chi connectivity index (χ4n) is 1.97. The maximum atomic E-state index is 11.2. The molecule has 4 nitrogen and oxygen atoms in total. The Labute approximate surface area is 84.1 Å². The van der Waals surface area contributed by atoms with E-state index in [0.717, 1.165) is 19.6 Å². The van der Waals surface area contributed by atoms with Gasteiger partial charge in [0.25, 0.3) is 0 Å². The molecule has 0 aromatic carbocycles. The Kier molecular flexibility index (Phi) is 2.35. The van der Waals surface area contributed by atoms with Crippen molar-refractivity contribution in [1.82, 2.24) is 9.80 Å². The molecule has 0 aromatic rings. The van der Waals surface area contributed by atoms with E-state index in [2.05, 4.69) is 22.9 Å². The van der Waals surface area contributed by atoms with Crippen LogP contribution < -0.4 is 0 Å². The van der Waals surface area contributed by atoms with Gasteiger partial charge in [0.2, 0.25) is 0 Å². The zero-order valence-electron chi connectivity index (χ0n) is 8.69. The number of rotatable bonds is 2. The van der Waals surface area contributed by atoms with E-state index in [4.69, 9.17) is 4.74 Å². The number of allylic oxidation sites excluding steroid dienone is 1. The minimum absolute atomic E-state index is 0.0683. The predicted molar refractivity (Wildman–Crippen MR) is 52.2 cm³/mol. The van der Waals surface area contributed by atoms with Gasteiger partial charge in [0.05, 0.1) is 6.54 Å². The van der Waals surface area contributed by atoms with E-state index in [-0.39, 0.29) is 12.2 Å². The van der Waals surface area contributed by atoms with E-state index < -0.39 is 0 Å². The molecule has 1 fully saturated rings. The van der Waals surface area contributed by atoms with Gasteiger partial charge in [-0.05, 0) is 6.92 Å². The summed E-state index contributed by atoms with van der Waals surface area (Å²) in [6.45, 7) is 6.68. The summed E-state index contributed by atoms with van der Waals surface area (Å²) >= 11 is 0. The molecule has 0 aliphatic carbocycles. The first-order chi connectivity index (χ1) is 6.70. The van der Waals surface area contributed by atoms with Crippen molar-refractivity contribution < 1.29 is 9.53 Å². The quantitative estimate of drug-likeness (QED) is 0.610. The summed E-state index contributed by atoms with van der Waals surface area (Å²) in [6, 6.07) is 0. The molecule has 0 aromatic heterocycles. The van der Waals surface area contributed by atoms with Crippen LogP contribution in [0.3, 0.4) is 0 Å². The number of hydrogen-bond donors (Lipinski definition) is 0. The summed E-state index contributed by atoms with van der Waals surface area (Å²) in [4.78, 5) is 15.5. The van der Waals surface area contributed by atoms with Gasteiger partial charge in [-0.25, -0.2) is 0 Å². The lowest BCUT2D eigenvalue weighted by atomic mass is 10.2. The van der Waals surface area contributed by atoms with Crippen molar-refractivity contribution in [1.29, 1.82) is 0 Å². The van der Waals surface area contributed by atoms with Gasteiger partial charge in [-0.3, -0.25) is 4.79 Å². The first kappa shape index (κ1) is 9.37. The monoisotopic (exact) mass is 196 g/mol. The summed E-state index contributed by atoms with van der Waals surface area (Å²) in [5.74, 6) is -0.114. The Balaban J connectivity index is 2.03. The maximum absolute atomic E-state index is 11.2. The molecule has 4 heteroatoms. The van der Waals surface area contributed by atoms with Gasteiger partial charge >= 0.3 is 5.97 Å². The first-order valence-corrected chi connectivity index (χ1v) is 5.09. The normalized spacial score (nSPS) is 25.0. The Hall–Kier alpha value is -1.19. The lowest BCUT2D eigenvalue weighted by molar-refractivity contribution is -0.163. The highest BCUT2D eigenvalue weighted by Gasteiger charge is 2.32. The van der Waals surface area contributed by atoms with E-state index in [1.807, 2.05) is 6.92 Å². The van der Waals surface area contributed by atoms with Crippen LogP contribution >= 0.6 is 0 Å². The van der Waals surface area contributed by atoms with E-state index in [1.54, 1.807) is 0 Å². The molecule has 0 radical (unpaired) electrons. The Morgan fingerprint density at radius 3 is 3.00 bits per heavy atom. The standard InChI is InChI=1S/C10H16N2O2/c1-3-10(13)14-9-7-11-4-5-12(9)8(2)6-11/h6,9H,3-5,7H2,1-2H3. The second-order valence-corrected chi connectivity index (χ2v) is 3.76. The number of carbonyl (C=O) groups is 1. The lowest BCUT2D eigenvalue weighted by Crippen LogP contribution is -2.56. The van der Waals surface area contributed by atoms with Crippen LogP contribution in [0.4, 0.5) is 0 Å². The predicted octanol–water partition coefficient (Wildman–Crippen LogP) is 0.758. The molecule has 1 unspecified atom stereocenters. The highest BCUT2D eigenvalue weighted by molar-refractivity contribution is 5.69. The number of piperazine rings is 1. The molecule has 3 rings (SSSR count). The molecular formula is C10H16N2O2. The fourth-order valence-corrected chi connectivity index (χ4v) is 1.97. The largest absolute Gasteiger partial charge is 0.440 e. The third-order valence-corrected chi connectivity index (χ3v) is 2.75. The molecule has 0 amide bonds. The Morgan fingerprint density at radius 2 is 2.43 bits per heavy atom. The van der Waals surface area contributed by atoms with Crippen LogP contribution in [0.25, 0.3) is 0 Å². The molecule has 0 saturated carbocycles. The summed E-state index contributed by atoms with van der Waals surface area (Å²) in [6.07, 6.45) is 2.51. The van der Waals surface area contributed by atoms with Gasteiger partial charge in [-0.1, -0.05) is 6.92 Å². The number of nitrogens with zero attached hydrogens (tertiary/aromatic N) is 2. The average molecular weight is 196 g/mol. The van der Waals surface area contributed by atoms with Crippen molar-refractivity contribution in [2.24, 2.45) is 0 Å². The summed E-state index contributed by atoms with van der Waals surface area (Å²) in [5.41, 5.74) is 1.19. The summed E-state index contributed by atoms with van der Waals surface area (Å²) < 4.78 is 5.35. The van der Waals surface area contributed by atoms with Crippen LogP contribution in [-0.2, 0) is 9.53 Å². The van der Waals surface area contributed by atoms with Gasteiger partial charge in [0.1, 0.15) is 0 Å². The van der Waals surface area contributed by atoms with Gasteiger partial charge in [0.15, 0.2) is 6.23 Å². The van der Waals surface area contributed by atoms with Crippen LogP contribution in [0, 0.1) is 0 Å². The van der Waals surface area contributed by atoms with Crippen LogP contribution in [0.2, 0.25) is 0 Å². The van der Waals surface area contributed by atoms with Gasteiger partial charge in [-0.15, -0.1) is 0 Å². The zero-order valence-corrected chi connectivity index (χ0v) is 8.69. The highest BCUT2D eigenvalue weighted by atomic mass is 16.6. The van der Waals surface area contributed by atoms with Crippen molar-refractivity contribution in [2.75, 3.05) is 19.6 Å². The number of carbonyl (C=O) groups excluding carboxylic acids is 1. The highest BCUT2D eigenvalue weighted by Crippen LogP contribution is 2.23. The second kappa shape index (κ2) is 3.52. The molecule has 14 heavy (non-hydrogen) atoms. The second-order valence-electron chi connectivity index (χ2n) is 3.76. The average Bonchev–Trinajstić information content (AvgIpc) is 2.18. The fraction of sp³-hybridized carbons (Fsp3) is 0.700. The van der Waals surface area contributed by atoms with Crippen LogP contribution in [0.15, 0.2) is 11.9 Å². The van der Waals surface area contributed by atoms with Gasteiger partial charge < -0.3 is 14.5 Å². The molecule has 78 valence electrons. The van der Waals surface area contributed by atoms with Crippen molar-refractivity contribution in [3.63, 3.8) is 0 Å². The maximum Gasteiger partial charge on any atom is 0.307 e. The molecule has 3 heterocycles. The van der Waals surface area contributed by atoms with E-state index >= 15 is 0 Å². The Morgan fingerprint density at radius 1 is 1.64 bits per heavy atom. The molecule has 2 bridgehead atoms. The van der Waals surface area contributed by atoms with Crippen molar-refractivity contribution in [3.8, 4) is 0 Å². The molecule has 3 aliphatic rings. The topological polar surface area (TPSA) is 32.8 Å². The number of ether oxygens (including phenoxy) is 1. The SMILES string of the molecule is CCC(=O)OC1CN2C=C(C)N1CC2. The third kappa shape index (κ3) is 1.56. The van der Waals surface area contributed by atoms with Crippen molar-refractivity contribution >= 4 is 5.97 Å². The van der Waals surface area contributed by atoms with Crippen molar-refractivity contribution in [2.45, 2.75) is 26.5 Å². The van der Waals surface area contributed by atoms with Crippen molar-refractivity contribution in [3.05, 3.63) is 11.9 Å². The molecule has 3 aliphatic heterocycles. The van der Waals surface area contributed by atoms with E-state index in [1.165, 1.54) is 5.70 Å². The molecule has 0 N–H and O–H groups in total. The lowest BCUT2D eigenvalue weighted by Gasteiger charge is -2.46. The summed E-state index contributed by atoms with van der Waals surface area (Å²) in [7, 11) is 0. The first-order valence-electron chi connectivity index (χ1n) is 5.09. The molecule has 0 spiro atoms. The van der Waals surface area contributed by atoms with E-state index in [0.29, 0.717) is 6.42 Å². The smallest absolute Gasteiger partial charge is 0.307 e. The Bertz CT molecular complexity index is 275. The zero-order chi connectivity index (χ0) is 10.1. The van der Waals surface area contributed by atoms with Gasteiger partial charge in [0, 0.05) is 31.4 Å². The molecular weight excluding hydrogens is 180 g/mol. The number of esters is 1. The van der Waals surface area contributed by atoms with E-state index in [9.17, 15) is 4.79 Å². The van der Waals surface area contributed by atoms with Crippen LogP contribution in [0.5, 0.6) is 0 Å². The minimum Gasteiger partial charge on any atom is -0.440 e. The molecule has 1 atom stereocenters. The number of fused-ring (bicyclic) bond motifs is 2. The summed E-state index contributed by atoms with van der Waals surface area (Å²) in [5, 5.41) is 0. The third-order valence-electron chi connectivity index (χ3n) is 2.75.